The maximum Gasteiger partial charge on any atom is 0.159 e. The maximum atomic E-state index is 5.04. The predicted octanol–water partition coefficient (Wildman–Crippen LogP) is 11.0. The number of rotatable bonds is 5. The normalized spacial score (nSPS) is 11.9. The van der Waals surface area contributed by atoms with Gasteiger partial charge in [0.2, 0.25) is 0 Å². The number of nitrogens with zero attached hydrogens (tertiary/aromatic N) is 8. The minimum atomic E-state index is 0.638. The van der Waals surface area contributed by atoms with Gasteiger partial charge in [0.1, 0.15) is 11.3 Å². The highest BCUT2D eigenvalue weighted by molar-refractivity contribution is 6.22. The van der Waals surface area contributed by atoms with Crippen LogP contribution in [0.1, 0.15) is 0 Å². The number of hydrogen-bond acceptors (Lipinski definition) is 4. The number of benzene rings is 5. The molecule has 5 aromatic carbocycles. The molecule has 12 rings (SSSR count). The molecule has 56 heavy (non-hydrogen) atoms. The topological polar surface area (TPSA) is 71.3 Å². The van der Waals surface area contributed by atoms with Crippen molar-refractivity contribution < 1.29 is 0 Å². The van der Waals surface area contributed by atoms with Gasteiger partial charge in [-0.05, 0) is 84.9 Å². The lowest BCUT2D eigenvalue weighted by Gasteiger charge is -2.17. The van der Waals surface area contributed by atoms with E-state index in [0.717, 1.165) is 94.3 Å². The van der Waals surface area contributed by atoms with Crippen molar-refractivity contribution in [2.24, 2.45) is 0 Å². The molecule has 8 heteroatoms. The number of para-hydroxylation sites is 4. The highest BCUT2D eigenvalue weighted by Crippen LogP contribution is 2.43. The molecular weight excluding hydrogens is 689 g/mol. The van der Waals surface area contributed by atoms with Crippen LogP contribution in [-0.4, -0.2) is 38.2 Å². The summed E-state index contributed by atoms with van der Waals surface area (Å²) in [5.74, 6) is 0.638. The van der Waals surface area contributed by atoms with Gasteiger partial charge in [0.05, 0.1) is 55.2 Å². The minimum absolute atomic E-state index is 0.638. The Morgan fingerprint density at radius 3 is 1.23 bits per heavy atom. The van der Waals surface area contributed by atoms with Crippen LogP contribution < -0.4 is 0 Å². The molecule has 0 aliphatic carbocycles. The first-order valence-electron chi connectivity index (χ1n) is 18.6. The molecule has 12 aromatic rings. The third-order valence-electron chi connectivity index (χ3n) is 10.9. The van der Waals surface area contributed by atoms with Crippen LogP contribution in [0.3, 0.4) is 0 Å². The molecule has 0 saturated heterocycles. The summed E-state index contributed by atoms with van der Waals surface area (Å²) in [6.45, 7) is 0. The molecule has 0 fully saturated rings. The average Bonchev–Trinajstić information content (AvgIpc) is 3.99. The molecule has 0 amide bonds. The largest absolute Gasteiger partial charge is 0.295 e. The fraction of sp³-hybridized carbons (Fsp3) is 0. The number of hydrogen-bond donors (Lipinski definition) is 0. The first kappa shape index (κ1) is 30.6. The van der Waals surface area contributed by atoms with Crippen LogP contribution in [0.5, 0.6) is 0 Å². The van der Waals surface area contributed by atoms with E-state index in [1.807, 2.05) is 30.6 Å². The SMILES string of the molecule is c1ccc(-n2c3ccccc3c3c4ncccc4n(-c4cc(-c5ncccn5)cc(-n5c6cccnc6c6c7ccccc7n(-c7ccccc7)c65)c4)c32)cc1. The molecule has 7 aromatic heterocycles. The number of pyridine rings is 2. The van der Waals surface area contributed by atoms with Crippen LogP contribution in [0.25, 0.3) is 100 Å². The average molecular weight is 719 g/mol. The quantitative estimate of drug-likeness (QED) is 0.178. The standard InChI is InChI=1S/C48H30N8/c1-3-14-32(15-4-1)53-38-20-9-7-18-36(38)42-44-40(22-11-24-49-44)55(47(42)53)34-28-31(46-51-26-13-27-52-46)29-35(30-34)56-41-23-12-25-50-45(41)43-37-19-8-10-21-39(37)54(48(43)56)33-16-5-2-6-17-33/h1-30H. The van der Waals surface area contributed by atoms with E-state index in [1.54, 1.807) is 12.4 Å². The highest BCUT2D eigenvalue weighted by atomic mass is 15.2. The lowest BCUT2D eigenvalue weighted by molar-refractivity contribution is 1.04. The van der Waals surface area contributed by atoms with Gasteiger partial charge in [-0.1, -0.05) is 72.8 Å². The first-order valence-corrected chi connectivity index (χ1v) is 18.6. The van der Waals surface area contributed by atoms with E-state index >= 15 is 0 Å². The van der Waals surface area contributed by atoms with Crippen molar-refractivity contribution in [3.8, 4) is 34.1 Å². The molecule has 0 atom stereocenters. The lowest BCUT2D eigenvalue weighted by Crippen LogP contribution is -2.05. The molecule has 0 radical (unpaired) electrons. The molecule has 0 bridgehead atoms. The molecule has 7 heterocycles. The summed E-state index contributed by atoms with van der Waals surface area (Å²) in [5.41, 5.74) is 13.1. The Kier molecular flexibility index (Phi) is 6.47. The van der Waals surface area contributed by atoms with Gasteiger partial charge in [0.15, 0.2) is 5.82 Å². The fourth-order valence-electron chi connectivity index (χ4n) is 8.74. The summed E-state index contributed by atoms with van der Waals surface area (Å²) in [5, 5.41) is 4.50. The lowest BCUT2D eigenvalue weighted by atomic mass is 10.1. The van der Waals surface area contributed by atoms with E-state index < -0.39 is 0 Å². The predicted molar refractivity (Wildman–Crippen MR) is 225 cm³/mol. The van der Waals surface area contributed by atoms with Crippen LogP contribution in [0.15, 0.2) is 183 Å². The molecule has 0 aliphatic heterocycles. The first-order chi connectivity index (χ1) is 27.8. The van der Waals surface area contributed by atoms with Crippen molar-refractivity contribution >= 4 is 65.9 Å². The summed E-state index contributed by atoms with van der Waals surface area (Å²) in [6, 6.07) is 55.3. The van der Waals surface area contributed by atoms with Crippen LogP contribution in [-0.2, 0) is 0 Å². The van der Waals surface area contributed by atoms with Gasteiger partial charge in [0, 0.05) is 52.5 Å². The van der Waals surface area contributed by atoms with Crippen molar-refractivity contribution in [2.45, 2.75) is 0 Å². The van der Waals surface area contributed by atoms with E-state index in [0.29, 0.717) is 5.82 Å². The second-order valence-electron chi connectivity index (χ2n) is 14.0. The Morgan fingerprint density at radius 2 is 0.732 bits per heavy atom. The van der Waals surface area contributed by atoms with Gasteiger partial charge >= 0.3 is 0 Å². The Morgan fingerprint density at radius 1 is 0.321 bits per heavy atom. The number of aromatic nitrogens is 8. The summed E-state index contributed by atoms with van der Waals surface area (Å²) in [6.07, 6.45) is 7.38. The molecule has 0 spiro atoms. The Hall–Kier alpha value is -7.84. The zero-order valence-corrected chi connectivity index (χ0v) is 29.9. The van der Waals surface area contributed by atoms with Gasteiger partial charge in [0.25, 0.3) is 0 Å². The third kappa shape index (κ3) is 4.29. The zero-order chi connectivity index (χ0) is 36.7. The third-order valence-corrected chi connectivity index (χ3v) is 10.9. The van der Waals surface area contributed by atoms with Crippen molar-refractivity contribution in [3.05, 3.63) is 183 Å². The molecular formula is C48H30N8. The van der Waals surface area contributed by atoms with Crippen molar-refractivity contribution in [2.75, 3.05) is 0 Å². The Bertz CT molecular complexity index is 3250. The van der Waals surface area contributed by atoms with Crippen LogP contribution >= 0.6 is 0 Å². The van der Waals surface area contributed by atoms with Gasteiger partial charge in [-0.3, -0.25) is 28.2 Å². The Balaban J connectivity index is 1.27. The maximum absolute atomic E-state index is 5.04. The summed E-state index contributed by atoms with van der Waals surface area (Å²) in [4.78, 5) is 19.6. The van der Waals surface area contributed by atoms with Gasteiger partial charge < -0.3 is 0 Å². The molecule has 8 nitrogen and oxygen atoms in total. The van der Waals surface area contributed by atoms with E-state index in [1.165, 1.54) is 0 Å². The van der Waals surface area contributed by atoms with E-state index in [2.05, 4.69) is 158 Å². The second kappa shape index (κ2) is 11.8. The van der Waals surface area contributed by atoms with Crippen molar-refractivity contribution in [1.82, 2.24) is 38.2 Å². The van der Waals surface area contributed by atoms with Gasteiger partial charge in [-0.25, -0.2) is 9.97 Å². The van der Waals surface area contributed by atoms with E-state index in [4.69, 9.17) is 19.9 Å². The zero-order valence-electron chi connectivity index (χ0n) is 29.9. The monoisotopic (exact) mass is 718 g/mol. The summed E-state index contributed by atoms with van der Waals surface area (Å²) in [7, 11) is 0. The van der Waals surface area contributed by atoms with Crippen LogP contribution in [0.2, 0.25) is 0 Å². The van der Waals surface area contributed by atoms with Gasteiger partial charge in [-0.15, -0.1) is 0 Å². The molecule has 262 valence electrons. The molecule has 0 N–H and O–H groups in total. The molecule has 0 aliphatic rings. The van der Waals surface area contributed by atoms with Crippen molar-refractivity contribution in [3.63, 3.8) is 0 Å². The summed E-state index contributed by atoms with van der Waals surface area (Å²) >= 11 is 0. The smallest absolute Gasteiger partial charge is 0.159 e. The van der Waals surface area contributed by atoms with Crippen molar-refractivity contribution in [1.29, 1.82) is 0 Å². The van der Waals surface area contributed by atoms with E-state index in [9.17, 15) is 0 Å². The fourth-order valence-corrected chi connectivity index (χ4v) is 8.74. The molecule has 0 saturated carbocycles. The Labute approximate surface area is 319 Å². The van der Waals surface area contributed by atoms with E-state index in [-0.39, 0.29) is 0 Å². The van der Waals surface area contributed by atoms with Gasteiger partial charge in [-0.2, -0.15) is 0 Å². The number of fused-ring (bicyclic) bond motifs is 10. The molecule has 0 unspecified atom stereocenters. The van der Waals surface area contributed by atoms with Crippen LogP contribution in [0, 0.1) is 0 Å². The summed E-state index contributed by atoms with van der Waals surface area (Å²) < 4.78 is 9.43. The highest BCUT2D eigenvalue weighted by Gasteiger charge is 2.26. The minimum Gasteiger partial charge on any atom is -0.295 e. The van der Waals surface area contributed by atoms with Crippen LogP contribution in [0.4, 0.5) is 0 Å². The second-order valence-corrected chi connectivity index (χ2v) is 14.0.